The third-order valence-corrected chi connectivity index (χ3v) is 3.35. The fourth-order valence-electron chi connectivity index (χ4n) is 2.06. The molecule has 0 atom stereocenters. The maximum absolute atomic E-state index is 5.56. The fourth-order valence-corrected chi connectivity index (χ4v) is 2.06. The zero-order valence-electron chi connectivity index (χ0n) is 11.3. The predicted octanol–water partition coefficient (Wildman–Crippen LogP) is 2.93. The highest BCUT2D eigenvalue weighted by Crippen LogP contribution is 2.20. The maximum Gasteiger partial charge on any atom is 0.122 e. The first-order valence-electron chi connectivity index (χ1n) is 6.87. The number of allylic oxidation sites excluding steroid dienone is 1. The van der Waals surface area contributed by atoms with Crippen molar-refractivity contribution < 1.29 is 4.42 Å². The van der Waals surface area contributed by atoms with Crippen molar-refractivity contribution in [2.75, 3.05) is 13.6 Å². The number of rotatable bonds is 9. The van der Waals surface area contributed by atoms with Gasteiger partial charge in [-0.1, -0.05) is 6.08 Å². The van der Waals surface area contributed by atoms with Gasteiger partial charge in [-0.15, -0.1) is 6.58 Å². The Hall–Kier alpha value is -1.06. The average Bonchev–Trinajstić information content (AvgIpc) is 3.08. The van der Waals surface area contributed by atoms with E-state index >= 15 is 0 Å². The largest absolute Gasteiger partial charge is 0.468 e. The minimum atomic E-state index is 0.730. The molecular formula is C15H24N2O. The number of nitrogens with one attached hydrogen (secondary N) is 1. The van der Waals surface area contributed by atoms with E-state index in [2.05, 4.69) is 29.9 Å². The fraction of sp³-hybridized carbons (Fsp3) is 0.600. The van der Waals surface area contributed by atoms with Crippen LogP contribution in [-0.2, 0) is 13.1 Å². The molecular weight excluding hydrogens is 224 g/mol. The van der Waals surface area contributed by atoms with Crippen molar-refractivity contribution in [1.29, 1.82) is 0 Å². The highest BCUT2D eigenvalue weighted by atomic mass is 16.3. The van der Waals surface area contributed by atoms with Gasteiger partial charge in [-0.05, 0) is 45.3 Å². The van der Waals surface area contributed by atoms with Crippen LogP contribution in [0, 0.1) is 0 Å². The van der Waals surface area contributed by atoms with Gasteiger partial charge in [-0.3, -0.25) is 0 Å². The van der Waals surface area contributed by atoms with E-state index in [1.54, 1.807) is 6.26 Å². The second-order valence-corrected chi connectivity index (χ2v) is 5.19. The molecule has 0 amide bonds. The Balaban J connectivity index is 1.76. The van der Waals surface area contributed by atoms with Gasteiger partial charge in [0.25, 0.3) is 0 Å². The van der Waals surface area contributed by atoms with Crippen LogP contribution in [0.2, 0.25) is 0 Å². The van der Waals surface area contributed by atoms with Crippen molar-refractivity contribution in [2.24, 2.45) is 0 Å². The van der Waals surface area contributed by atoms with Crippen LogP contribution in [0.5, 0.6) is 0 Å². The van der Waals surface area contributed by atoms with Gasteiger partial charge < -0.3 is 14.6 Å². The van der Waals surface area contributed by atoms with E-state index in [-0.39, 0.29) is 0 Å². The van der Waals surface area contributed by atoms with E-state index < -0.39 is 0 Å². The van der Waals surface area contributed by atoms with Gasteiger partial charge in [0.15, 0.2) is 0 Å². The third-order valence-electron chi connectivity index (χ3n) is 3.35. The summed E-state index contributed by atoms with van der Waals surface area (Å²) in [6.45, 7) is 6.69. The van der Waals surface area contributed by atoms with Crippen molar-refractivity contribution in [3.05, 3.63) is 36.3 Å². The highest BCUT2D eigenvalue weighted by Gasteiger charge is 2.21. The summed E-state index contributed by atoms with van der Waals surface area (Å²) in [6.07, 6.45) is 8.68. The molecule has 1 aromatic heterocycles. The van der Waals surface area contributed by atoms with Gasteiger partial charge in [-0.2, -0.15) is 0 Å². The van der Waals surface area contributed by atoms with Gasteiger partial charge in [-0.25, -0.2) is 0 Å². The molecule has 0 aromatic carbocycles. The first-order valence-corrected chi connectivity index (χ1v) is 6.87. The summed E-state index contributed by atoms with van der Waals surface area (Å²) in [5.74, 6) is 1.09. The van der Waals surface area contributed by atoms with Crippen molar-refractivity contribution in [2.45, 2.75) is 44.8 Å². The Labute approximate surface area is 110 Å². The molecule has 0 spiro atoms. The lowest BCUT2D eigenvalue weighted by atomic mass is 10.2. The SMILES string of the molecule is C=CCCCN(C)Cc1ccoc1CNC1CC1. The molecule has 1 aliphatic carbocycles. The van der Waals surface area contributed by atoms with E-state index in [0.29, 0.717) is 0 Å². The van der Waals surface area contributed by atoms with E-state index in [1.807, 2.05) is 6.08 Å². The molecule has 100 valence electrons. The van der Waals surface area contributed by atoms with Crippen molar-refractivity contribution in [3.63, 3.8) is 0 Å². The average molecular weight is 248 g/mol. The minimum absolute atomic E-state index is 0.730. The molecule has 0 radical (unpaired) electrons. The molecule has 0 unspecified atom stereocenters. The van der Waals surface area contributed by atoms with Gasteiger partial charge in [0.05, 0.1) is 12.8 Å². The number of nitrogens with zero attached hydrogens (tertiary/aromatic N) is 1. The molecule has 0 saturated heterocycles. The Morgan fingerprint density at radius 2 is 2.39 bits per heavy atom. The summed E-state index contributed by atoms with van der Waals surface area (Å²) in [5, 5.41) is 3.50. The Morgan fingerprint density at radius 3 is 3.11 bits per heavy atom. The van der Waals surface area contributed by atoms with Crippen molar-refractivity contribution in [3.8, 4) is 0 Å². The lowest BCUT2D eigenvalue weighted by Crippen LogP contribution is -2.21. The van der Waals surface area contributed by atoms with Crippen LogP contribution < -0.4 is 5.32 Å². The third kappa shape index (κ3) is 4.31. The zero-order valence-corrected chi connectivity index (χ0v) is 11.3. The Bertz CT molecular complexity index is 368. The molecule has 3 nitrogen and oxygen atoms in total. The molecule has 3 heteroatoms. The Kier molecular flexibility index (Phi) is 5.02. The topological polar surface area (TPSA) is 28.4 Å². The first-order chi connectivity index (χ1) is 8.79. The van der Waals surface area contributed by atoms with Crippen molar-refractivity contribution in [1.82, 2.24) is 10.2 Å². The Morgan fingerprint density at radius 1 is 1.56 bits per heavy atom. The molecule has 1 aliphatic rings. The summed E-state index contributed by atoms with van der Waals surface area (Å²) in [7, 11) is 2.16. The zero-order chi connectivity index (χ0) is 12.8. The molecule has 2 rings (SSSR count). The van der Waals surface area contributed by atoms with E-state index in [4.69, 9.17) is 4.42 Å². The van der Waals surface area contributed by atoms with E-state index in [1.165, 1.54) is 24.8 Å². The second-order valence-electron chi connectivity index (χ2n) is 5.19. The number of hydrogen-bond donors (Lipinski definition) is 1. The van der Waals surface area contributed by atoms with Crippen LogP contribution in [-0.4, -0.2) is 24.5 Å². The quantitative estimate of drug-likeness (QED) is 0.538. The van der Waals surface area contributed by atoms with Crippen LogP contribution in [0.3, 0.4) is 0 Å². The van der Waals surface area contributed by atoms with Crippen LogP contribution in [0.25, 0.3) is 0 Å². The summed E-state index contributed by atoms with van der Waals surface area (Å²) >= 11 is 0. The van der Waals surface area contributed by atoms with Gasteiger partial charge in [0, 0.05) is 18.2 Å². The maximum atomic E-state index is 5.56. The van der Waals surface area contributed by atoms with Gasteiger partial charge >= 0.3 is 0 Å². The lowest BCUT2D eigenvalue weighted by Gasteiger charge is -2.16. The normalized spacial score (nSPS) is 15.2. The molecule has 0 bridgehead atoms. The van der Waals surface area contributed by atoms with E-state index in [0.717, 1.165) is 37.9 Å². The smallest absolute Gasteiger partial charge is 0.122 e. The molecule has 1 fully saturated rings. The molecule has 1 N–H and O–H groups in total. The summed E-state index contributed by atoms with van der Waals surface area (Å²) in [5.41, 5.74) is 1.31. The molecule has 1 saturated carbocycles. The summed E-state index contributed by atoms with van der Waals surface area (Å²) in [4.78, 5) is 2.34. The number of unbranched alkanes of at least 4 members (excludes halogenated alkanes) is 1. The standard InChI is InChI=1S/C15H24N2O/c1-3-4-5-9-17(2)12-13-8-10-18-15(13)11-16-14-6-7-14/h3,8,10,14,16H,1,4-7,9,11-12H2,2H3. The number of hydrogen-bond acceptors (Lipinski definition) is 3. The lowest BCUT2D eigenvalue weighted by molar-refractivity contribution is 0.319. The van der Waals surface area contributed by atoms with Crippen molar-refractivity contribution >= 4 is 0 Å². The van der Waals surface area contributed by atoms with Crippen LogP contribution >= 0.6 is 0 Å². The minimum Gasteiger partial charge on any atom is -0.468 e. The number of furan rings is 1. The van der Waals surface area contributed by atoms with Gasteiger partial charge in [0.1, 0.15) is 5.76 Å². The summed E-state index contributed by atoms with van der Waals surface area (Å²) < 4.78 is 5.56. The van der Waals surface area contributed by atoms with Gasteiger partial charge in [0.2, 0.25) is 0 Å². The molecule has 18 heavy (non-hydrogen) atoms. The highest BCUT2D eigenvalue weighted by molar-refractivity contribution is 5.17. The van der Waals surface area contributed by atoms with E-state index in [9.17, 15) is 0 Å². The first kappa shape index (κ1) is 13.4. The monoisotopic (exact) mass is 248 g/mol. The van der Waals surface area contributed by atoms with Crippen LogP contribution in [0.4, 0.5) is 0 Å². The predicted molar refractivity (Wildman–Crippen MR) is 74.3 cm³/mol. The van der Waals surface area contributed by atoms with Crippen LogP contribution in [0.15, 0.2) is 29.4 Å². The molecule has 0 aliphatic heterocycles. The summed E-state index contributed by atoms with van der Waals surface area (Å²) in [6, 6.07) is 2.82. The van der Waals surface area contributed by atoms with Crippen LogP contribution in [0.1, 0.15) is 37.0 Å². The second kappa shape index (κ2) is 6.76. The molecule has 1 heterocycles. The molecule has 1 aromatic rings.